The molecule has 0 N–H and O–H groups in total. The molecule has 2 nitrogen and oxygen atoms in total. The Balaban J connectivity index is 2.31. The lowest BCUT2D eigenvalue weighted by molar-refractivity contribution is -0.138. The molecule has 2 aromatic rings. The van der Waals surface area contributed by atoms with Crippen LogP contribution < -0.4 is 0 Å². The van der Waals surface area contributed by atoms with Crippen LogP contribution in [0.4, 0.5) is 0 Å². The average molecular weight is 301 g/mol. The van der Waals surface area contributed by atoms with E-state index in [-0.39, 0.29) is 5.97 Å². The zero-order valence-corrected chi connectivity index (χ0v) is 12.6. The predicted molar refractivity (Wildman–Crippen MR) is 86.2 cm³/mol. The van der Waals surface area contributed by atoms with E-state index in [0.29, 0.717) is 23.6 Å². The number of ether oxygens (including phenoxy) is 1. The summed E-state index contributed by atoms with van der Waals surface area (Å²) in [7, 11) is 0. The summed E-state index contributed by atoms with van der Waals surface area (Å²) in [6.07, 6.45) is 2.30. The third kappa shape index (κ3) is 4.47. The molecule has 0 saturated heterocycles. The Hall–Kier alpha value is -2.06. The lowest BCUT2D eigenvalue weighted by Gasteiger charge is -2.09. The quantitative estimate of drug-likeness (QED) is 0.599. The molecule has 0 aromatic heterocycles. The molecule has 108 valence electrons. The van der Waals surface area contributed by atoms with Crippen LogP contribution >= 0.6 is 11.6 Å². The van der Waals surface area contributed by atoms with E-state index in [1.807, 2.05) is 60.7 Å². The first-order valence-corrected chi connectivity index (χ1v) is 7.24. The number of esters is 1. The fraction of sp³-hybridized carbons (Fsp3) is 0.167. The second-order valence-electron chi connectivity index (χ2n) is 4.57. The van der Waals surface area contributed by atoms with Crippen LogP contribution in [0.3, 0.4) is 0 Å². The third-order valence-electron chi connectivity index (χ3n) is 3.02. The van der Waals surface area contributed by atoms with Gasteiger partial charge in [-0.15, -0.1) is 0 Å². The second kappa shape index (κ2) is 7.65. The fourth-order valence-corrected chi connectivity index (χ4v) is 2.21. The molecule has 0 bridgehead atoms. The molecule has 0 atom stereocenters. The van der Waals surface area contributed by atoms with Gasteiger partial charge in [0.05, 0.1) is 6.61 Å². The summed E-state index contributed by atoms with van der Waals surface area (Å²) >= 11 is 6.17. The molecule has 0 saturated carbocycles. The van der Waals surface area contributed by atoms with Crippen LogP contribution in [0.25, 0.3) is 6.08 Å². The van der Waals surface area contributed by atoms with Crippen molar-refractivity contribution in [3.63, 3.8) is 0 Å². The maximum Gasteiger partial charge on any atom is 0.334 e. The van der Waals surface area contributed by atoms with Gasteiger partial charge in [0.15, 0.2) is 0 Å². The van der Waals surface area contributed by atoms with Crippen LogP contribution in [0, 0.1) is 0 Å². The van der Waals surface area contributed by atoms with Crippen LogP contribution in [0.5, 0.6) is 0 Å². The van der Waals surface area contributed by atoms with Crippen LogP contribution in [0.15, 0.2) is 60.2 Å². The van der Waals surface area contributed by atoms with E-state index in [1.165, 1.54) is 0 Å². The Morgan fingerprint density at radius 1 is 1.10 bits per heavy atom. The van der Waals surface area contributed by atoms with Gasteiger partial charge in [0, 0.05) is 17.0 Å². The largest absolute Gasteiger partial charge is 0.463 e. The van der Waals surface area contributed by atoms with E-state index in [0.717, 1.165) is 11.1 Å². The van der Waals surface area contributed by atoms with E-state index >= 15 is 0 Å². The van der Waals surface area contributed by atoms with Gasteiger partial charge in [0.2, 0.25) is 0 Å². The third-order valence-corrected chi connectivity index (χ3v) is 3.39. The average Bonchev–Trinajstić information content (AvgIpc) is 2.50. The van der Waals surface area contributed by atoms with Gasteiger partial charge in [-0.1, -0.05) is 60.1 Å². The van der Waals surface area contributed by atoms with Gasteiger partial charge < -0.3 is 4.74 Å². The molecule has 0 heterocycles. The normalized spacial score (nSPS) is 11.2. The van der Waals surface area contributed by atoms with Crippen LogP contribution in [0.1, 0.15) is 18.1 Å². The lowest BCUT2D eigenvalue weighted by atomic mass is 10.0. The minimum Gasteiger partial charge on any atom is -0.463 e. The first-order chi connectivity index (χ1) is 10.2. The number of benzene rings is 2. The standard InChI is InChI=1S/C18H17ClO2/c1-2-21-18(20)16(12-14-8-4-3-5-9-14)13-15-10-6-7-11-17(15)19/h3-12H,2,13H2,1H3/b16-12+. The molecule has 3 heteroatoms. The Bertz CT molecular complexity index is 633. The van der Waals surface area contributed by atoms with Crippen molar-refractivity contribution in [1.82, 2.24) is 0 Å². The van der Waals surface area contributed by atoms with Crippen LogP contribution in [-0.4, -0.2) is 12.6 Å². The molecular formula is C18H17ClO2. The van der Waals surface area contributed by atoms with Gasteiger partial charge >= 0.3 is 5.97 Å². The van der Waals surface area contributed by atoms with Crippen molar-refractivity contribution in [2.24, 2.45) is 0 Å². The Morgan fingerprint density at radius 2 is 1.76 bits per heavy atom. The maximum atomic E-state index is 12.1. The van der Waals surface area contributed by atoms with Crippen molar-refractivity contribution < 1.29 is 9.53 Å². The van der Waals surface area contributed by atoms with Crippen molar-refractivity contribution >= 4 is 23.6 Å². The van der Waals surface area contributed by atoms with Gasteiger partial charge in [0.25, 0.3) is 0 Å². The van der Waals surface area contributed by atoms with Gasteiger partial charge in [-0.25, -0.2) is 4.79 Å². The predicted octanol–water partition coefficient (Wildman–Crippen LogP) is 4.53. The Kier molecular flexibility index (Phi) is 5.59. The van der Waals surface area contributed by atoms with Crippen molar-refractivity contribution in [1.29, 1.82) is 0 Å². The van der Waals surface area contributed by atoms with Crippen LogP contribution in [0.2, 0.25) is 5.02 Å². The molecular weight excluding hydrogens is 284 g/mol. The highest BCUT2D eigenvalue weighted by molar-refractivity contribution is 6.31. The van der Waals surface area contributed by atoms with E-state index in [4.69, 9.17) is 16.3 Å². The number of carbonyl (C=O) groups is 1. The smallest absolute Gasteiger partial charge is 0.334 e. The molecule has 21 heavy (non-hydrogen) atoms. The topological polar surface area (TPSA) is 26.3 Å². The fourth-order valence-electron chi connectivity index (χ4n) is 2.00. The zero-order valence-electron chi connectivity index (χ0n) is 11.9. The highest BCUT2D eigenvalue weighted by atomic mass is 35.5. The van der Waals surface area contributed by atoms with E-state index in [9.17, 15) is 4.79 Å². The molecule has 2 rings (SSSR count). The number of rotatable bonds is 5. The SMILES string of the molecule is CCOC(=O)/C(=C/c1ccccc1)Cc1ccccc1Cl. The number of hydrogen-bond donors (Lipinski definition) is 0. The molecule has 0 radical (unpaired) electrons. The van der Waals surface area contributed by atoms with Crippen LogP contribution in [-0.2, 0) is 16.0 Å². The molecule has 0 fully saturated rings. The summed E-state index contributed by atoms with van der Waals surface area (Å²) in [6, 6.07) is 17.2. The summed E-state index contributed by atoms with van der Waals surface area (Å²) < 4.78 is 5.14. The molecule has 0 spiro atoms. The van der Waals surface area contributed by atoms with Gasteiger partial charge in [-0.3, -0.25) is 0 Å². The van der Waals surface area contributed by atoms with Crippen molar-refractivity contribution in [2.45, 2.75) is 13.3 Å². The van der Waals surface area contributed by atoms with E-state index in [2.05, 4.69) is 0 Å². The minimum atomic E-state index is -0.304. The summed E-state index contributed by atoms with van der Waals surface area (Å²) in [5.74, 6) is -0.304. The van der Waals surface area contributed by atoms with Crippen molar-refractivity contribution in [2.75, 3.05) is 6.61 Å². The molecule has 0 aliphatic rings. The minimum absolute atomic E-state index is 0.304. The zero-order chi connectivity index (χ0) is 15.1. The monoisotopic (exact) mass is 300 g/mol. The molecule has 0 unspecified atom stereocenters. The lowest BCUT2D eigenvalue weighted by Crippen LogP contribution is -2.10. The number of halogens is 1. The summed E-state index contributed by atoms with van der Waals surface area (Å²) in [4.78, 5) is 12.1. The van der Waals surface area contributed by atoms with Crippen molar-refractivity contribution in [3.8, 4) is 0 Å². The van der Waals surface area contributed by atoms with Gasteiger partial charge in [-0.2, -0.15) is 0 Å². The highest BCUT2D eigenvalue weighted by Gasteiger charge is 2.13. The molecule has 0 aliphatic carbocycles. The second-order valence-corrected chi connectivity index (χ2v) is 4.98. The molecule has 0 aliphatic heterocycles. The molecule has 0 amide bonds. The van der Waals surface area contributed by atoms with Gasteiger partial charge in [-0.05, 0) is 30.2 Å². The Labute approximate surface area is 130 Å². The first-order valence-electron chi connectivity index (χ1n) is 6.87. The molecule has 2 aromatic carbocycles. The van der Waals surface area contributed by atoms with Gasteiger partial charge in [0.1, 0.15) is 0 Å². The number of carbonyl (C=O) groups excluding carboxylic acids is 1. The Morgan fingerprint density at radius 3 is 2.43 bits per heavy atom. The van der Waals surface area contributed by atoms with E-state index in [1.54, 1.807) is 6.92 Å². The summed E-state index contributed by atoms with van der Waals surface area (Å²) in [6.45, 7) is 2.15. The highest BCUT2D eigenvalue weighted by Crippen LogP contribution is 2.20. The van der Waals surface area contributed by atoms with E-state index < -0.39 is 0 Å². The maximum absolute atomic E-state index is 12.1. The summed E-state index contributed by atoms with van der Waals surface area (Å²) in [5, 5.41) is 0.653. The van der Waals surface area contributed by atoms with Crippen molar-refractivity contribution in [3.05, 3.63) is 76.3 Å². The summed E-state index contributed by atoms with van der Waals surface area (Å²) in [5.41, 5.74) is 2.47. The number of hydrogen-bond acceptors (Lipinski definition) is 2. The first kappa shape index (κ1) is 15.3.